The van der Waals surface area contributed by atoms with Gasteiger partial charge >= 0.3 is 0 Å². The molecule has 1 aliphatic heterocycles. The first kappa shape index (κ1) is 10.5. The third-order valence-electron chi connectivity index (χ3n) is 2.92. The molecule has 0 aliphatic carbocycles. The highest BCUT2D eigenvalue weighted by atomic mass is 16.6. The van der Waals surface area contributed by atoms with E-state index in [0.29, 0.717) is 6.61 Å². The number of nitrogens with zero attached hydrogens (tertiary/aromatic N) is 1. The van der Waals surface area contributed by atoms with Crippen molar-refractivity contribution >= 4 is 5.69 Å². The predicted octanol–water partition coefficient (Wildman–Crippen LogP) is 1.99. The van der Waals surface area contributed by atoms with Gasteiger partial charge in [-0.15, -0.1) is 0 Å². The van der Waals surface area contributed by atoms with Gasteiger partial charge < -0.3 is 4.90 Å². The van der Waals surface area contributed by atoms with Gasteiger partial charge in [-0.3, -0.25) is 4.84 Å². The predicted molar refractivity (Wildman–Crippen MR) is 61.6 cm³/mol. The highest BCUT2D eigenvalue weighted by Gasteiger charge is 2.15. The molecule has 15 heavy (non-hydrogen) atoms. The Labute approximate surface area is 90.8 Å². The number of hydrogen-bond acceptors (Lipinski definition) is 3. The van der Waals surface area contributed by atoms with Crippen molar-refractivity contribution in [2.75, 3.05) is 18.0 Å². The Morgan fingerprint density at radius 1 is 1.33 bits per heavy atom. The van der Waals surface area contributed by atoms with E-state index < -0.39 is 0 Å². The largest absolute Gasteiger partial charge is 0.371 e. The number of benzene rings is 1. The molecule has 1 aromatic carbocycles. The van der Waals surface area contributed by atoms with Crippen LogP contribution in [0.1, 0.15) is 24.0 Å². The quantitative estimate of drug-likeness (QED) is 0.769. The van der Waals surface area contributed by atoms with Gasteiger partial charge in [-0.2, -0.15) is 0 Å². The average Bonchev–Trinajstić information content (AvgIpc) is 2.71. The highest BCUT2D eigenvalue weighted by molar-refractivity contribution is 5.55. The first-order chi connectivity index (χ1) is 7.31. The van der Waals surface area contributed by atoms with Gasteiger partial charge in [0.05, 0.1) is 6.61 Å². The molecule has 1 aliphatic rings. The molecule has 2 rings (SSSR count). The molecule has 0 saturated carbocycles. The van der Waals surface area contributed by atoms with Crippen molar-refractivity contribution in [1.82, 2.24) is 0 Å². The molecule has 0 bridgehead atoms. The van der Waals surface area contributed by atoms with E-state index in [2.05, 4.69) is 30.0 Å². The summed E-state index contributed by atoms with van der Waals surface area (Å²) in [7, 11) is 0. The molecule has 3 nitrogen and oxygen atoms in total. The van der Waals surface area contributed by atoms with Gasteiger partial charge in [0, 0.05) is 24.3 Å². The number of nitrogens with two attached hydrogens (primary N) is 1. The molecule has 0 amide bonds. The zero-order chi connectivity index (χ0) is 10.7. The molecule has 1 fully saturated rings. The number of anilines is 1. The number of hydrogen-bond donors (Lipinski definition) is 1. The molecule has 0 atom stereocenters. The van der Waals surface area contributed by atoms with Crippen molar-refractivity contribution in [2.45, 2.75) is 26.4 Å². The van der Waals surface area contributed by atoms with E-state index in [0.717, 1.165) is 13.1 Å². The monoisotopic (exact) mass is 206 g/mol. The first-order valence-electron chi connectivity index (χ1n) is 5.47. The van der Waals surface area contributed by atoms with E-state index in [4.69, 9.17) is 10.7 Å². The van der Waals surface area contributed by atoms with E-state index in [9.17, 15) is 0 Å². The molecule has 0 aromatic heterocycles. The molecule has 82 valence electrons. The van der Waals surface area contributed by atoms with E-state index in [1.807, 2.05) is 0 Å². The molecular weight excluding hydrogens is 188 g/mol. The van der Waals surface area contributed by atoms with Crippen LogP contribution < -0.4 is 10.8 Å². The maximum Gasteiger partial charge on any atom is 0.0950 e. The van der Waals surface area contributed by atoms with Gasteiger partial charge in [-0.25, -0.2) is 5.90 Å². The van der Waals surface area contributed by atoms with Crippen LogP contribution in [0.4, 0.5) is 5.69 Å². The van der Waals surface area contributed by atoms with Crippen molar-refractivity contribution in [3.63, 3.8) is 0 Å². The number of rotatable bonds is 3. The minimum absolute atomic E-state index is 0.494. The molecule has 0 radical (unpaired) electrons. The zero-order valence-electron chi connectivity index (χ0n) is 9.20. The van der Waals surface area contributed by atoms with Crippen LogP contribution >= 0.6 is 0 Å². The third-order valence-corrected chi connectivity index (χ3v) is 2.92. The molecule has 1 heterocycles. The summed E-state index contributed by atoms with van der Waals surface area (Å²) in [6.07, 6.45) is 2.58. The lowest BCUT2D eigenvalue weighted by atomic mass is 10.1. The van der Waals surface area contributed by atoms with Crippen molar-refractivity contribution in [3.05, 3.63) is 29.3 Å². The normalized spacial score (nSPS) is 16.0. The minimum Gasteiger partial charge on any atom is -0.371 e. The lowest BCUT2D eigenvalue weighted by Gasteiger charge is -2.21. The lowest BCUT2D eigenvalue weighted by Crippen LogP contribution is -2.19. The Kier molecular flexibility index (Phi) is 3.23. The Morgan fingerprint density at radius 2 is 2.07 bits per heavy atom. The maximum atomic E-state index is 5.16. The van der Waals surface area contributed by atoms with Crippen LogP contribution in [0, 0.1) is 6.92 Å². The molecular formula is C12H18N2O. The summed E-state index contributed by atoms with van der Waals surface area (Å²) in [6.45, 7) is 4.89. The second kappa shape index (κ2) is 4.64. The highest BCUT2D eigenvalue weighted by Crippen LogP contribution is 2.25. The van der Waals surface area contributed by atoms with Crippen molar-refractivity contribution in [1.29, 1.82) is 0 Å². The Bertz CT molecular complexity index is 332. The standard InChI is InChI=1S/C12H18N2O/c1-10-4-5-12(11(8-10)9-15-13)14-6-2-3-7-14/h4-5,8H,2-3,6-7,9,13H2,1H3. The van der Waals surface area contributed by atoms with Crippen LogP contribution in [-0.4, -0.2) is 13.1 Å². The third kappa shape index (κ3) is 2.30. The fourth-order valence-electron chi connectivity index (χ4n) is 2.19. The van der Waals surface area contributed by atoms with Gasteiger partial charge in [0.15, 0.2) is 0 Å². The van der Waals surface area contributed by atoms with Crippen LogP contribution in [0.15, 0.2) is 18.2 Å². The van der Waals surface area contributed by atoms with Gasteiger partial charge in [0.25, 0.3) is 0 Å². The topological polar surface area (TPSA) is 38.5 Å². The summed E-state index contributed by atoms with van der Waals surface area (Å²) >= 11 is 0. The molecule has 0 spiro atoms. The van der Waals surface area contributed by atoms with Crippen LogP contribution in [0.5, 0.6) is 0 Å². The number of aryl methyl sites for hydroxylation is 1. The Balaban J connectivity index is 2.27. The van der Waals surface area contributed by atoms with Crippen molar-refractivity contribution < 1.29 is 4.84 Å². The van der Waals surface area contributed by atoms with Crippen LogP contribution in [0.2, 0.25) is 0 Å². The summed E-state index contributed by atoms with van der Waals surface area (Å²) in [4.78, 5) is 7.17. The maximum absolute atomic E-state index is 5.16. The molecule has 1 aromatic rings. The fraction of sp³-hybridized carbons (Fsp3) is 0.500. The van der Waals surface area contributed by atoms with Gasteiger partial charge in [-0.1, -0.05) is 17.7 Å². The Morgan fingerprint density at radius 3 is 2.73 bits per heavy atom. The Hall–Kier alpha value is -1.06. The summed E-state index contributed by atoms with van der Waals surface area (Å²) in [5, 5.41) is 0. The zero-order valence-corrected chi connectivity index (χ0v) is 9.20. The smallest absolute Gasteiger partial charge is 0.0950 e. The van der Waals surface area contributed by atoms with Crippen LogP contribution in [-0.2, 0) is 11.4 Å². The lowest BCUT2D eigenvalue weighted by molar-refractivity contribution is 0.124. The molecule has 0 unspecified atom stereocenters. The second-order valence-electron chi connectivity index (χ2n) is 4.14. The summed E-state index contributed by atoms with van der Waals surface area (Å²) in [5.74, 6) is 5.16. The second-order valence-corrected chi connectivity index (χ2v) is 4.14. The van der Waals surface area contributed by atoms with E-state index >= 15 is 0 Å². The summed E-state index contributed by atoms with van der Waals surface area (Å²) < 4.78 is 0. The van der Waals surface area contributed by atoms with E-state index in [1.54, 1.807) is 0 Å². The SMILES string of the molecule is Cc1ccc(N2CCCC2)c(CON)c1. The van der Waals surface area contributed by atoms with Crippen LogP contribution in [0.3, 0.4) is 0 Å². The van der Waals surface area contributed by atoms with Crippen molar-refractivity contribution in [2.24, 2.45) is 5.90 Å². The van der Waals surface area contributed by atoms with E-state index in [1.165, 1.54) is 29.7 Å². The molecule has 2 N–H and O–H groups in total. The average molecular weight is 206 g/mol. The first-order valence-corrected chi connectivity index (χ1v) is 5.47. The molecule has 3 heteroatoms. The van der Waals surface area contributed by atoms with Crippen molar-refractivity contribution in [3.8, 4) is 0 Å². The molecule has 1 saturated heterocycles. The van der Waals surface area contributed by atoms with Gasteiger partial charge in [0.1, 0.15) is 0 Å². The van der Waals surface area contributed by atoms with Gasteiger partial charge in [0.2, 0.25) is 0 Å². The van der Waals surface area contributed by atoms with Crippen LogP contribution in [0.25, 0.3) is 0 Å². The summed E-state index contributed by atoms with van der Waals surface area (Å²) in [5.41, 5.74) is 3.73. The van der Waals surface area contributed by atoms with Gasteiger partial charge in [-0.05, 0) is 25.8 Å². The van der Waals surface area contributed by atoms with E-state index in [-0.39, 0.29) is 0 Å². The summed E-state index contributed by atoms with van der Waals surface area (Å²) in [6, 6.07) is 6.48. The fourth-order valence-corrected chi connectivity index (χ4v) is 2.19. The minimum atomic E-state index is 0.494.